The Labute approximate surface area is 93.7 Å². The van der Waals surface area contributed by atoms with Gasteiger partial charge in [0.2, 0.25) is 0 Å². The fourth-order valence-electron chi connectivity index (χ4n) is 1.38. The summed E-state index contributed by atoms with van der Waals surface area (Å²) in [7, 11) is 0. The minimum Gasteiger partial charge on any atom is -0.522 e. The highest BCUT2D eigenvalue weighted by Crippen LogP contribution is 2.23. The lowest BCUT2D eigenvalue weighted by Crippen LogP contribution is -2.26. The standard InChI is InChI=1S/C11H15BF3O/c1-8(2)10-4-9(3)5-11(6-10)16-7-12(13,14)15/h4-6,8H,7H2,1-3H3/q-1. The highest BCUT2D eigenvalue weighted by Gasteiger charge is 2.24. The van der Waals surface area contributed by atoms with Crippen LogP contribution < -0.4 is 4.74 Å². The van der Waals surface area contributed by atoms with Crippen LogP contribution in [0.15, 0.2) is 18.2 Å². The maximum Gasteiger partial charge on any atom is 0.515 e. The van der Waals surface area contributed by atoms with Crippen molar-refractivity contribution in [3.8, 4) is 5.75 Å². The Hall–Kier alpha value is -1.13. The molecule has 0 saturated carbocycles. The molecule has 16 heavy (non-hydrogen) atoms. The Morgan fingerprint density at radius 2 is 1.81 bits per heavy atom. The van der Waals surface area contributed by atoms with E-state index in [4.69, 9.17) is 4.74 Å². The van der Waals surface area contributed by atoms with E-state index in [0.29, 0.717) is 5.75 Å². The van der Waals surface area contributed by atoms with Crippen molar-refractivity contribution in [3.63, 3.8) is 0 Å². The summed E-state index contributed by atoms with van der Waals surface area (Å²) in [6.45, 7) is -0.241. The number of rotatable bonds is 4. The molecule has 5 heteroatoms. The molecule has 0 unspecified atom stereocenters. The normalized spacial score (nSPS) is 11.9. The van der Waals surface area contributed by atoms with Gasteiger partial charge in [0, 0.05) is 0 Å². The van der Waals surface area contributed by atoms with Gasteiger partial charge < -0.3 is 17.7 Å². The smallest absolute Gasteiger partial charge is 0.515 e. The number of halogens is 3. The highest BCUT2D eigenvalue weighted by atomic mass is 19.4. The number of hydrogen-bond donors (Lipinski definition) is 0. The number of benzene rings is 1. The van der Waals surface area contributed by atoms with Gasteiger partial charge in [0.25, 0.3) is 0 Å². The summed E-state index contributed by atoms with van der Waals surface area (Å²) < 4.78 is 40.9. The van der Waals surface area contributed by atoms with E-state index in [0.717, 1.165) is 11.1 Å². The van der Waals surface area contributed by atoms with Gasteiger partial charge in [-0.1, -0.05) is 19.9 Å². The van der Waals surface area contributed by atoms with Crippen LogP contribution in [0.4, 0.5) is 12.9 Å². The number of ether oxygens (including phenoxy) is 1. The third kappa shape index (κ3) is 4.17. The van der Waals surface area contributed by atoms with Gasteiger partial charge in [-0.3, -0.25) is 0 Å². The molecule has 90 valence electrons. The van der Waals surface area contributed by atoms with Crippen LogP contribution in [0, 0.1) is 6.92 Å². The first-order chi connectivity index (χ1) is 7.28. The van der Waals surface area contributed by atoms with Crippen LogP contribution in [0.3, 0.4) is 0 Å². The zero-order chi connectivity index (χ0) is 12.3. The summed E-state index contributed by atoms with van der Waals surface area (Å²) >= 11 is 0. The molecule has 0 N–H and O–H groups in total. The molecule has 0 aliphatic carbocycles. The third-order valence-corrected chi connectivity index (χ3v) is 2.18. The second-order valence-electron chi connectivity index (χ2n) is 4.26. The molecule has 1 rings (SSSR count). The molecular formula is C11H15BF3O-. The van der Waals surface area contributed by atoms with Gasteiger partial charge in [0.15, 0.2) is 0 Å². The molecular weight excluding hydrogens is 216 g/mol. The Kier molecular flexibility index (Phi) is 3.89. The Bertz CT molecular complexity index is 361. The van der Waals surface area contributed by atoms with Crippen LogP contribution in [-0.2, 0) is 0 Å². The lowest BCUT2D eigenvalue weighted by molar-refractivity contribution is 0.313. The van der Waals surface area contributed by atoms with E-state index in [9.17, 15) is 12.9 Å². The minimum atomic E-state index is -4.89. The molecule has 0 atom stereocenters. The summed E-state index contributed by atoms with van der Waals surface area (Å²) in [6.07, 6.45) is 0. The van der Waals surface area contributed by atoms with Crippen molar-refractivity contribution >= 4 is 6.98 Å². The number of aryl methyl sites for hydroxylation is 1. The van der Waals surface area contributed by atoms with Gasteiger partial charge in [-0.2, -0.15) is 0 Å². The highest BCUT2D eigenvalue weighted by molar-refractivity contribution is 6.58. The van der Waals surface area contributed by atoms with Gasteiger partial charge in [-0.25, -0.2) is 0 Å². The molecule has 0 heterocycles. The van der Waals surface area contributed by atoms with E-state index >= 15 is 0 Å². The van der Waals surface area contributed by atoms with Crippen molar-refractivity contribution < 1.29 is 17.7 Å². The van der Waals surface area contributed by atoms with Crippen LogP contribution in [0.2, 0.25) is 0 Å². The molecule has 1 nitrogen and oxygen atoms in total. The van der Waals surface area contributed by atoms with Gasteiger partial charge in [-0.15, -0.1) is 0 Å². The zero-order valence-electron chi connectivity index (χ0n) is 9.64. The fourth-order valence-corrected chi connectivity index (χ4v) is 1.38. The summed E-state index contributed by atoms with van der Waals surface area (Å²) in [4.78, 5) is 0. The SMILES string of the molecule is Cc1cc(OC[B-](F)(F)F)cc(C(C)C)c1. The van der Waals surface area contributed by atoms with E-state index < -0.39 is 13.5 Å². The van der Waals surface area contributed by atoms with E-state index in [1.165, 1.54) is 0 Å². The molecule has 0 aromatic heterocycles. The zero-order valence-corrected chi connectivity index (χ0v) is 9.64. The monoisotopic (exact) mass is 231 g/mol. The summed E-state index contributed by atoms with van der Waals surface area (Å²) in [5, 5.41) is 0. The van der Waals surface area contributed by atoms with Crippen LogP contribution >= 0.6 is 0 Å². The van der Waals surface area contributed by atoms with Crippen molar-refractivity contribution in [3.05, 3.63) is 29.3 Å². The Morgan fingerprint density at radius 1 is 1.19 bits per heavy atom. The average Bonchev–Trinajstić information content (AvgIpc) is 2.13. The van der Waals surface area contributed by atoms with E-state index in [1.807, 2.05) is 26.8 Å². The fraction of sp³-hybridized carbons (Fsp3) is 0.455. The summed E-state index contributed by atoms with van der Waals surface area (Å²) in [6, 6.07) is 5.24. The average molecular weight is 231 g/mol. The third-order valence-electron chi connectivity index (χ3n) is 2.18. The molecule has 0 radical (unpaired) electrons. The second-order valence-corrected chi connectivity index (χ2v) is 4.26. The molecule has 0 amide bonds. The van der Waals surface area contributed by atoms with Crippen LogP contribution in [0.5, 0.6) is 5.75 Å². The van der Waals surface area contributed by atoms with Crippen molar-refractivity contribution in [2.45, 2.75) is 26.7 Å². The maximum atomic E-state index is 12.0. The molecule has 0 fully saturated rings. The lowest BCUT2D eigenvalue weighted by atomic mass is 9.94. The minimum absolute atomic E-state index is 0.277. The van der Waals surface area contributed by atoms with Gasteiger partial charge in [0.05, 0.1) is 6.51 Å². The van der Waals surface area contributed by atoms with Crippen molar-refractivity contribution in [1.82, 2.24) is 0 Å². The van der Waals surface area contributed by atoms with Crippen LogP contribution in [0.1, 0.15) is 30.9 Å². The van der Waals surface area contributed by atoms with E-state index in [2.05, 4.69) is 0 Å². The van der Waals surface area contributed by atoms with Crippen molar-refractivity contribution in [2.75, 3.05) is 6.51 Å². The molecule has 0 spiro atoms. The first kappa shape index (κ1) is 12.9. The van der Waals surface area contributed by atoms with E-state index in [1.54, 1.807) is 12.1 Å². The van der Waals surface area contributed by atoms with Gasteiger partial charge in [0.1, 0.15) is 5.75 Å². The summed E-state index contributed by atoms with van der Waals surface area (Å²) in [5.74, 6) is 0.571. The van der Waals surface area contributed by atoms with Crippen LogP contribution in [0.25, 0.3) is 0 Å². The Balaban J connectivity index is 2.81. The van der Waals surface area contributed by atoms with Crippen LogP contribution in [-0.4, -0.2) is 13.5 Å². The molecule has 0 aliphatic heterocycles. The molecule has 1 aromatic carbocycles. The second kappa shape index (κ2) is 4.81. The topological polar surface area (TPSA) is 9.23 Å². The summed E-state index contributed by atoms with van der Waals surface area (Å²) in [5.41, 5.74) is 1.90. The molecule has 0 saturated heterocycles. The Morgan fingerprint density at radius 3 is 2.31 bits per heavy atom. The molecule has 0 bridgehead atoms. The van der Waals surface area contributed by atoms with E-state index in [-0.39, 0.29) is 5.92 Å². The largest absolute Gasteiger partial charge is 0.522 e. The number of hydrogen-bond acceptors (Lipinski definition) is 1. The first-order valence-corrected chi connectivity index (χ1v) is 5.23. The quantitative estimate of drug-likeness (QED) is 0.714. The predicted octanol–water partition coefficient (Wildman–Crippen LogP) is 3.88. The molecule has 1 aromatic rings. The van der Waals surface area contributed by atoms with Crippen molar-refractivity contribution in [1.29, 1.82) is 0 Å². The van der Waals surface area contributed by atoms with Crippen molar-refractivity contribution in [2.24, 2.45) is 0 Å². The van der Waals surface area contributed by atoms with Gasteiger partial charge >= 0.3 is 6.98 Å². The van der Waals surface area contributed by atoms with Gasteiger partial charge in [-0.05, 0) is 36.1 Å². The maximum absolute atomic E-state index is 12.0. The first-order valence-electron chi connectivity index (χ1n) is 5.23. The predicted molar refractivity (Wildman–Crippen MR) is 59.8 cm³/mol. The lowest BCUT2D eigenvalue weighted by Gasteiger charge is -2.17. The molecule has 0 aliphatic rings.